The van der Waals surface area contributed by atoms with Gasteiger partial charge in [-0.2, -0.15) is 10.2 Å². The molecule has 4 rings (SSSR count). The molecule has 0 aliphatic carbocycles. The third-order valence-electron chi connectivity index (χ3n) is 5.27. The van der Waals surface area contributed by atoms with E-state index in [2.05, 4.69) is 35.6 Å². The number of hydrogen-bond donors (Lipinski definition) is 3. The molecule has 168 valence electrons. The van der Waals surface area contributed by atoms with Gasteiger partial charge in [-0.05, 0) is 19.1 Å². The quantitative estimate of drug-likeness (QED) is 0.451. The fourth-order valence-corrected chi connectivity index (χ4v) is 4.18. The van der Waals surface area contributed by atoms with Gasteiger partial charge in [-0.25, -0.2) is 15.0 Å². The molecular weight excluding hydrogens is 432 g/mol. The lowest BCUT2D eigenvalue weighted by Crippen LogP contribution is -2.38. The number of nitrogen functional groups attached to an aromatic ring is 1. The fraction of sp³-hybridized carbons (Fsp3) is 0.421. The van der Waals surface area contributed by atoms with E-state index in [-0.39, 0.29) is 29.9 Å². The van der Waals surface area contributed by atoms with E-state index in [1.54, 1.807) is 4.68 Å². The Balaban J connectivity index is 1.31. The first-order valence-corrected chi connectivity index (χ1v) is 11.3. The number of likely N-dealkylation sites (tertiary alicyclic amines) is 1. The number of nitrogens with two attached hydrogens (primary N) is 1. The third-order valence-corrected chi connectivity index (χ3v) is 6.01. The molecule has 0 atom stereocenters. The van der Waals surface area contributed by atoms with Crippen LogP contribution in [0, 0.1) is 0 Å². The van der Waals surface area contributed by atoms with Gasteiger partial charge in [0, 0.05) is 44.6 Å². The summed E-state index contributed by atoms with van der Waals surface area (Å²) < 4.78 is 1.67. The lowest BCUT2D eigenvalue weighted by atomic mass is 9.96. The van der Waals surface area contributed by atoms with E-state index in [1.807, 2.05) is 24.4 Å². The molecule has 1 fully saturated rings. The maximum Gasteiger partial charge on any atom is 0.275 e. The summed E-state index contributed by atoms with van der Waals surface area (Å²) in [4.78, 5) is 40.1. The number of nitrogens with zero attached hydrogens (tertiary/aromatic N) is 7. The number of aryl methyl sites for hydroxylation is 1. The van der Waals surface area contributed by atoms with Gasteiger partial charge in [-0.1, -0.05) is 0 Å². The standard InChI is InChI=1S/C19H24N10O2S/c1-28-10-12(32-2)14(27-28)19(31)29-7-3-11(4-8-29)17-24-13(25-26-17)9-23-18(30)15-16(20)22-6-5-21-15/h5-6,10-11H,3-4,7-9H2,1-2H3,(H2,20,22)(H,23,30)(H,24,25,26). The predicted octanol–water partition coefficient (Wildman–Crippen LogP) is 0.582. The van der Waals surface area contributed by atoms with Crippen LogP contribution in [-0.4, -0.2) is 71.0 Å². The van der Waals surface area contributed by atoms with Crippen molar-refractivity contribution in [3.05, 3.63) is 41.6 Å². The predicted molar refractivity (Wildman–Crippen MR) is 117 cm³/mol. The van der Waals surface area contributed by atoms with Crippen molar-refractivity contribution in [2.75, 3.05) is 25.1 Å². The van der Waals surface area contributed by atoms with Crippen molar-refractivity contribution >= 4 is 29.4 Å². The number of carbonyl (C=O) groups is 2. The molecule has 0 bridgehead atoms. The summed E-state index contributed by atoms with van der Waals surface area (Å²) >= 11 is 1.52. The van der Waals surface area contributed by atoms with Crippen molar-refractivity contribution in [2.45, 2.75) is 30.2 Å². The first-order chi connectivity index (χ1) is 15.5. The van der Waals surface area contributed by atoms with Crippen molar-refractivity contribution in [1.29, 1.82) is 0 Å². The highest BCUT2D eigenvalue weighted by Crippen LogP contribution is 2.27. The first-order valence-electron chi connectivity index (χ1n) is 10.1. The number of thioether (sulfide) groups is 1. The Hall–Kier alpha value is -3.48. The summed E-state index contributed by atoms with van der Waals surface area (Å²) in [5, 5.41) is 14.2. The largest absolute Gasteiger partial charge is 0.382 e. The number of anilines is 1. The van der Waals surface area contributed by atoms with E-state index in [9.17, 15) is 9.59 Å². The molecule has 1 aliphatic heterocycles. The highest BCUT2D eigenvalue weighted by Gasteiger charge is 2.29. The maximum atomic E-state index is 12.9. The molecule has 0 spiro atoms. The molecular formula is C19H24N10O2S. The van der Waals surface area contributed by atoms with Crippen LogP contribution in [0.15, 0.2) is 23.5 Å². The van der Waals surface area contributed by atoms with E-state index < -0.39 is 5.91 Å². The third kappa shape index (κ3) is 4.56. The number of amides is 2. The van der Waals surface area contributed by atoms with Gasteiger partial charge in [-0.3, -0.25) is 19.4 Å². The molecule has 0 unspecified atom stereocenters. The minimum Gasteiger partial charge on any atom is -0.382 e. The zero-order chi connectivity index (χ0) is 22.7. The second kappa shape index (κ2) is 9.34. The lowest BCUT2D eigenvalue weighted by Gasteiger charge is -2.30. The van der Waals surface area contributed by atoms with Gasteiger partial charge in [0.1, 0.15) is 5.82 Å². The van der Waals surface area contributed by atoms with E-state index in [0.717, 1.165) is 17.7 Å². The van der Waals surface area contributed by atoms with Crippen molar-refractivity contribution in [2.24, 2.45) is 7.05 Å². The monoisotopic (exact) mass is 456 g/mol. The van der Waals surface area contributed by atoms with E-state index in [1.165, 1.54) is 24.2 Å². The van der Waals surface area contributed by atoms with Crippen LogP contribution in [0.1, 0.15) is 51.4 Å². The smallest absolute Gasteiger partial charge is 0.275 e. The molecule has 12 nitrogen and oxygen atoms in total. The number of carbonyl (C=O) groups excluding carboxylic acids is 2. The van der Waals surface area contributed by atoms with Crippen molar-refractivity contribution in [1.82, 2.24) is 45.1 Å². The first kappa shape index (κ1) is 21.7. The number of H-pyrrole nitrogens is 1. The van der Waals surface area contributed by atoms with Crippen LogP contribution < -0.4 is 11.1 Å². The van der Waals surface area contributed by atoms with E-state index >= 15 is 0 Å². The molecule has 1 saturated heterocycles. The Labute approximate surface area is 188 Å². The summed E-state index contributed by atoms with van der Waals surface area (Å²) in [5.41, 5.74) is 6.24. The van der Waals surface area contributed by atoms with Gasteiger partial charge < -0.3 is 16.0 Å². The summed E-state index contributed by atoms with van der Waals surface area (Å²) in [6, 6.07) is 0. The Kier molecular flexibility index (Phi) is 6.35. The lowest BCUT2D eigenvalue weighted by molar-refractivity contribution is 0.0700. The molecule has 3 aromatic heterocycles. The van der Waals surface area contributed by atoms with Gasteiger partial charge in [0.25, 0.3) is 11.8 Å². The maximum absolute atomic E-state index is 12.9. The minimum absolute atomic E-state index is 0.0462. The number of aromatic amines is 1. The van der Waals surface area contributed by atoms with Crippen LogP contribution in [-0.2, 0) is 13.6 Å². The molecule has 13 heteroatoms. The number of rotatable bonds is 6. The minimum atomic E-state index is -0.431. The molecule has 2 amide bonds. The number of hydrogen-bond acceptors (Lipinski definition) is 9. The number of nitrogens with one attached hydrogen (secondary N) is 2. The Bertz CT molecular complexity index is 1120. The normalized spacial score (nSPS) is 14.5. The number of aromatic nitrogens is 7. The summed E-state index contributed by atoms with van der Waals surface area (Å²) in [7, 11) is 1.81. The van der Waals surface area contributed by atoms with Crippen LogP contribution in [0.3, 0.4) is 0 Å². The second-order valence-corrected chi connectivity index (χ2v) is 8.25. The fourth-order valence-electron chi connectivity index (χ4n) is 3.60. The van der Waals surface area contributed by atoms with Crippen LogP contribution in [0.5, 0.6) is 0 Å². The Morgan fingerprint density at radius 3 is 2.72 bits per heavy atom. The van der Waals surface area contributed by atoms with Gasteiger partial charge in [-0.15, -0.1) is 11.8 Å². The summed E-state index contributed by atoms with van der Waals surface area (Å²) in [5.74, 6) is 0.948. The van der Waals surface area contributed by atoms with Gasteiger partial charge in [0.05, 0.1) is 11.4 Å². The molecule has 4 heterocycles. The molecule has 3 aromatic rings. The van der Waals surface area contributed by atoms with E-state index in [4.69, 9.17) is 5.73 Å². The average molecular weight is 457 g/mol. The zero-order valence-electron chi connectivity index (χ0n) is 17.8. The number of piperidine rings is 1. The molecule has 0 saturated carbocycles. The van der Waals surface area contributed by atoms with Crippen LogP contribution >= 0.6 is 11.8 Å². The highest BCUT2D eigenvalue weighted by atomic mass is 32.2. The van der Waals surface area contributed by atoms with Crippen molar-refractivity contribution in [3.8, 4) is 0 Å². The molecule has 1 aliphatic rings. The highest BCUT2D eigenvalue weighted by molar-refractivity contribution is 7.98. The summed E-state index contributed by atoms with van der Waals surface area (Å²) in [6.45, 7) is 1.39. The van der Waals surface area contributed by atoms with Crippen LogP contribution in [0.25, 0.3) is 0 Å². The van der Waals surface area contributed by atoms with Crippen LogP contribution in [0.4, 0.5) is 5.82 Å². The Morgan fingerprint density at radius 1 is 1.25 bits per heavy atom. The van der Waals surface area contributed by atoms with Crippen LogP contribution in [0.2, 0.25) is 0 Å². The summed E-state index contributed by atoms with van der Waals surface area (Å²) in [6.07, 6.45) is 8.14. The molecule has 0 radical (unpaired) electrons. The SMILES string of the molecule is CSc1cn(C)nc1C(=O)N1CCC(c2n[nH]c(CNC(=O)c3nccnc3N)n2)CC1. The topological polar surface area (TPSA) is 161 Å². The van der Waals surface area contributed by atoms with Crippen molar-refractivity contribution < 1.29 is 9.59 Å². The zero-order valence-corrected chi connectivity index (χ0v) is 18.6. The van der Waals surface area contributed by atoms with Gasteiger partial charge in [0.15, 0.2) is 23.0 Å². The average Bonchev–Trinajstić information content (AvgIpc) is 3.44. The van der Waals surface area contributed by atoms with Crippen molar-refractivity contribution in [3.63, 3.8) is 0 Å². The van der Waals surface area contributed by atoms with Gasteiger partial charge in [0.2, 0.25) is 0 Å². The molecule has 32 heavy (non-hydrogen) atoms. The second-order valence-electron chi connectivity index (χ2n) is 7.40. The Morgan fingerprint density at radius 2 is 2.00 bits per heavy atom. The molecule has 0 aromatic carbocycles. The molecule has 4 N–H and O–H groups in total. The van der Waals surface area contributed by atoms with Gasteiger partial charge >= 0.3 is 0 Å². The van der Waals surface area contributed by atoms with E-state index in [0.29, 0.717) is 30.4 Å².